The van der Waals surface area contributed by atoms with Crippen LogP contribution in [0.3, 0.4) is 0 Å². The highest BCUT2D eigenvalue weighted by atomic mass is 19.1. The molecule has 0 saturated heterocycles. The molecule has 0 fully saturated rings. The Balaban J connectivity index is 1.66. The lowest BCUT2D eigenvalue weighted by atomic mass is 10.1. The van der Waals surface area contributed by atoms with Crippen molar-refractivity contribution in [2.45, 2.75) is 13.5 Å². The second kappa shape index (κ2) is 7.57. The molecular formula is C20H18FN3O. The number of pyridine rings is 1. The van der Waals surface area contributed by atoms with Crippen LogP contribution in [0.2, 0.25) is 0 Å². The zero-order chi connectivity index (χ0) is 17.6. The van der Waals surface area contributed by atoms with Crippen molar-refractivity contribution < 1.29 is 9.18 Å². The quantitative estimate of drug-likeness (QED) is 0.727. The molecule has 0 atom stereocenters. The Morgan fingerprint density at radius 3 is 2.60 bits per heavy atom. The maximum absolute atomic E-state index is 12.9. The molecule has 0 aliphatic carbocycles. The van der Waals surface area contributed by atoms with Gasteiger partial charge < -0.3 is 10.6 Å². The molecule has 3 aromatic rings. The molecule has 1 amide bonds. The van der Waals surface area contributed by atoms with Gasteiger partial charge in [0.15, 0.2) is 0 Å². The summed E-state index contributed by atoms with van der Waals surface area (Å²) in [5.41, 5.74) is 4.07. The van der Waals surface area contributed by atoms with Crippen molar-refractivity contribution in [2.75, 3.05) is 10.6 Å². The average molecular weight is 335 g/mol. The first-order valence-electron chi connectivity index (χ1n) is 7.91. The van der Waals surface area contributed by atoms with E-state index in [0.29, 0.717) is 17.8 Å². The number of aryl methyl sites for hydroxylation is 1. The van der Waals surface area contributed by atoms with Gasteiger partial charge >= 0.3 is 0 Å². The molecule has 4 nitrogen and oxygen atoms in total. The number of amides is 1. The fraction of sp³-hybridized carbons (Fsp3) is 0.100. The summed E-state index contributed by atoms with van der Waals surface area (Å²) >= 11 is 0. The first kappa shape index (κ1) is 16.6. The van der Waals surface area contributed by atoms with E-state index in [1.54, 1.807) is 12.3 Å². The van der Waals surface area contributed by atoms with Crippen LogP contribution in [-0.2, 0) is 6.54 Å². The van der Waals surface area contributed by atoms with E-state index in [9.17, 15) is 9.18 Å². The minimum atomic E-state index is -0.345. The zero-order valence-electron chi connectivity index (χ0n) is 13.8. The van der Waals surface area contributed by atoms with Gasteiger partial charge in [-0.15, -0.1) is 0 Å². The topological polar surface area (TPSA) is 54.0 Å². The first-order chi connectivity index (χ1) is 12.1. The van der Waals surface area contributed by atoms with Crippen LogP contribution in [0.15, 0.2) is 67.0 Å². The predicted molar refractivity (Wildman–Crippen MR) is 97.1 cm³/mol. The number of rotatable bonds is 5. The third-order valence-corrected chi connectivity index (χ3v) is 3.68. The summed E-state index contributed by atoms with van der Waals surface area (Å²) in [5.74, 6) is -0.639. The fourth-order valence-electron chi connectivity index (χ4n) is 2.42. The van der Waals surface area contributed by atoms with Crippen LogP contribution in [-0.4, -0.2) is 10.9 Å². The number of nitrogens with zero attached hydrogens (tertiary/aromatic N) is 1. The highest BCUT2D eigenvalue weighted by molar-refractivity contribution is 6.04. The molecule has 5 heteroatoms. The number of hydrogen-bond donors (Lipinski definition) is 2. The van der Waals surface area contributed by atoms with Crippen LogP contribution in [0.4, 0.5) is 15.8 Å². The van der Waals surface area contributed by atoms with E-state index < -0.39 is 0 Å². The maximum Gasteiger partial charge on any atom is 0.257 e. The number of benzene rings is 2. The summed E-state index contributed by atoms with van der Waals surface area (Å²) in [7, 11) is 0. The number of carbonyl (C=O) groups excluding carboxylic acids is 1. The summed E-state index contributed by atoms with van der Waals surface area (Å²) in [5, 5.41) is 5.98. The molecule has 0 unspecified atom stereocenters. The van der Waals surface area contributed by atoms with Crippen molar-refractivity contribution >= 4 is 17.3 Å². The monoisotopic (exact) mass is 335 g/mol. The van der Waals surface area contributed by atoms with Gasteiger partial charge in [0.05, 0.1) is 11.3 Å². The van der Waals surface area contributed by atoms with Gasteiger partial charge in [0, 0.05) is 24.6 Å². The molecule has 0 saturated carbocycles. The molecule has 0 aliphatic rings. The lowest BCUT2D eigenvalue weighted by Gasteiger charge is -2.09. The highest BCUT2D eigenvalue weighted by Crippen LogP contribution is 2.14. The highest BCUT2D eigenvalue weighted by Gasteiger charge is 2.08. The Hall–Kier alpha value is -3.21. The van der Waals surface area contributed by atoms with E-state index in [4.69, 9.17) is 0 Å². The van der Waals surface area contributed by atoms with E-state index in [2.05, 4.69) is 21.7 Å². The summed E-state index contributed by atoms with van der Waals surface area (Å²) in [6, 6.07) is 15.6. The molecule has 126 valence electrons. The van der Waals surface area contributed by atoms with Gasteiger partial charge in [0.25, 0.3) is 5.91 Å². The van der Waals surface area contributed by atoms with E-state index in [1.165, 1.54) is 36.0 Å². The number of halogens is 1. The zero-order valence-corrected chi connectivity index (χ0v) is 13.8. The normalized spacial score (nSPS) is 10.3. The summed E-state index contributed by atoms with van der Waals surface area (Å²) < 4.78 is 12.9. The van der Waals surface area contributed by atoms with Gasteiger partial charge in [0.2, 0.25) is 0 Å². The van der Waals surface area contributed by atoms with Crippen LogP contribution < -0.4 is 10.6 Å². The number of anilines is 2. The lowest BCUT2D eigenvalue weighted by molar-refractivity contribution is 0.102. The molecule has 2 N–H and O–H groups in total. The van der Waals surface area contributed by atoms with Gasteiger partial charge in [0.1, 0.15) is 5.82 Å². The number of carbonyl (C=O) groups is 1. The van der Waals surface area contributed by atoms with Gasteiger partial charge in [-0.05, 0) is 42.8 Å². The Morgan fingerprint density at radius 1 is 1.04 bits per heavy atom. The minimum absolute atomic E-state index is 0.293. The second-order valence-corrected chi connectivity index (χ2v) is 5.77. The standard InChI is InChI=1S/C20H18FN3O/c1-14-3-2-4-15(9-14)11-23-19-10-16(12-22-13-19)20(25)24-18-7-5-17(21)6-8-18/h2-10,12-13,23H,11H2,1H3,(H,24,25). The van der Waals surface area contributed by atoms with Crippen LogP contribution in [0, 0.1) is 12.7 Å². The summed E-state index contributed by atoms with van der Waals surface area (Å²) in [6.45, 7) is 2.69. The molecule has 0 spiro atoms. The van der Waals surface area contributed by atoms with Crippen LogP contribution >= 0.6 is 0 Å². The third kappa shape index (κ3) is 4.64. The molecule has 0 bridgehead atoms. The van der Waals surface area contributed by atoms with Crippen molar-refractivity contribution in [3.8, 4) is 0 Å². The second-order valence-electron chi connectivity index (χ2n) is 5.77. The SMILES string of the molecule is Cc1cccc(CNc2cncc(C(=O)Nc3ccc(F)cc3)c2)c1. The molecule has 1 aromatic heterocycles. The summed E-state index contributed by atoms with van der Waals surface area (Å²) in [6.07, 6.45) is 3.17. The van der Waals surface area contributed by atoms with Gasteiger partial charge in [-0.1, -0.05) is 29.8 Å². The molecular weight excluding hydrogens is 317 g/mol. The largest absolute Gasteiger partial charge is 0.380 e. The third-order valence-electron chi connectivity index (χ3n) is 3.68. The molecule has 2 aromatic carbocycles. The molecule has 0 aliphatic heterocycles. The van der Waals surface area contributed by atoms with Crippen molar-refractivity contribution in [2.24, 2.45) is 0 Å². The maximum atomic E-state index is 12.9. The van der Waals surface area contributed by atoms with Crippen LogP contribution in [0.25, 0.3) is 0 Å². The van der Waals surface area contributed by atoms with Crippen molar-refractivity contribution in [3.63, 3.8) is 0 Å². The number of aromatic nitrogens is 1. The van der Waals surface area contributed by atoms with Crippen molar-refractivity contribution in [1.82, 2.24) is 4.98 Å². The lowest BCUT2D eigenvalue weighted by Crippen LogP contribution is -2.12. The van der Waals surface area contributed by atoms with E-state index in [0.717, 1.165) is 11.3 Å². The van der Waals surface area contributed by atoms with Gasteiger partial charge in [-0.3, -0.25) is 9.78 Å². The van der Waals surface area contributed by atoms with Crippen molar-refractivity contribution in [3.05, 3.63) is 89.5 Å². The first-order valence-corrected chi connectivity index (χ1v) is 7.91. The molecule has 0 radical (unpaired) electrons. The minimum Gasteiger partial charge on any atom is -0.380 e. The van der Waals surface area contributed by atoms with Gasteiger partial charge in [-0.25, -0.2) is 4.39 Å². The molecule has 1 heterocycles. The fourth-order valence-corrected chi connectivity index (χ4v) is 2.42. The predicted octanol–water partition coefficient (Wildman–Crippen LogP) is 4.39. The summed E-state index contributed by atoms with van der Waals surface area (Å²) in [4.78, 5) is 16.4. The Labute approximate surface area is 145 Å². The Bertz CT molecular complexity index is 878. The van der Waals surface area contributed by atoms with Gasteiger partial charge in [-0.2, -0.15) is 0 Å². The Morgan fingerprint density at radius 2 is 1.84 bits per heavy atom. The van der Waals surface area contributed by atoms with Crippen LogP contribution in [0.1, 0.15) is 21.5 Å². The van der Waals surface area contributed by atoms with E-state index >= 15 is 0 Å². The smallest absolute Gasteiger partial charge is 0.257 e. The van der Waals surface area contributed by atoms with Crippen molar-refractivity contribution in [1.29, 1.82) is 0 Å². The molecule has 3 rings (SSSR count). The van der Waals surface area contributed by atoms with E-state index in [1.807, 2.05) is 25.1 Å². The van der Waals surface area contributed by atoms with E-state index in [-0.39, 0.29) is 11.7 Å². The average Bonchev–Trinajstić information content (AvgIpc) is 2.62. The van der Waals surface area contributed by atoms with Crippen LogP contribution in [0.5, 0.6) is 0 Å². The number of hydrogen-bond acceptors (Lipinski definition) is 3. The molecule has 25 heavy (non-hydrogen) atoms. The Kier molecular flexibility index (Phi) is 5.04. The number of nitrogens with one attached hydrogen (secondary N) is 2.